The van der Waals surface area contributed by atoms with Crippen LogP contribution in [0.15, 0.2) is 47.3 Å². The molecule has 0 bridgehead atoms. The number of nitrogens with two attached hydrogens (primary N) is 1. The van der Waals surface area contributed by atoms with E-state index in [9.17, 15) is 4.79 Å². The third kappa shape index (κ3) is 3.62. The van der Waals surface area contributed by atoms with E-state index < -0.39 is 5.91 Å². The van der Waals surface area contributed by atoms with Crippen molar-refractivity contribution < 1.29 is 9.21 Å². The van der Waals surface area contributed by atoms with Crippen molar-refractivity contribution in [1.82, 2.24) is 25.6 Å². The monoisotopic (exact) mass is 427 g/mol. The lowest BCUT2D eigenvalue weighted by Gasteiger charge is -2.24. The molecule has 11 heteroatoms. The van der Waals surface area contributed by atoms with Crippen LogP contribution in [0.25, 0.3) is 22.5 Å². The number of hydrogen-bond acceptors (Lipinski definition) is 6. The van der Waals surface area contributed by atoms with E-state index in [0.29, 0.717) is 38.9 Å². The van der Waals surface area contributed by atoms with Crippen LogP contribution >= 0.6 is 23.8 Å². The van der Waals surface area contributed by atoms with Gasteiger partial charge in [-0.2, -0.15) is 5.10 Å². The molecule has 4 aromatic rings. The first-order valence-electron chi connectivity index (χ1n) is 8.34. The second-order valence-corrected chi connectivity index (χ2v) is 6.86. The van der Waals surface area contributed by atoms with Gasteiger partial charge >= 0.3 is 0 Å². The van der Waals surface area contributed by atoms with Gasteiger partial charge in [-0.25, -0.2) is 9.99 Å². The number of nitrogens with zero attached hydrogens (tertiary/aromatic N) is 4. The number of hydrogen-bond donors (Lipinski definition) is 3. The first-order valence-corrected chi connectivity index (χ1v) is 9.13. The molecule has 0 aliphatic rings. The topological polar surface area (TPSA) is 126 Å². The Morgan fingerprint density at radius 2 is 2.21 bits per heavy atom. The van der Waals surface area contributed by atoms with E-state index in [0.717, 1.165) is 5.52 Å². The number of halogens is 1. The van der Waals surface area contributed by atoms with E-state index in [1.807, 2.05) is 0 Å². The number of benzene rings is 1. The van der Waals surface area contributed by atoms with Gasteiger partial charge in [-0.05, 0) is 43.4 Å². The Hall–Kier alpha value is -3.50. The van der Waals surface area contributed by atoms with Gasteiger partial charge in [-0.1, -0.05) is 11.6 Å². The molecule has 0 fully saturated rings. The predicted octanol–water partition coefficient (Wildman–Crippen LogP) is 2.97. The number of anilines is 1. The molecule has 1 amide bonds. The number of rotatable bonds is 3. The number of pyridine rings is 1. The average molecular weight is 428 g/mol. The van der Waals surface area contributed by atoms with Crippen molar-refractivity contribution in [2.24, 2.45) is 5.73 Å². The summed E-state index contributed by atoms with van der Waals surface area (Å²) in [6.07, 6.45) is 4.57. The van der Waals surface area contributed by atoms with Crippen molar-refractivity contribution >= 4 is 51.4 Å². The van der Waals surface area contributed by atoms with Crippen molar-refractivity contribution in [3.63, 3.8) is 0 Å². The molecule has 3 aromatic heterocycles. The van der Waals surface area contributed by atoms with Crippen LogP contribution in [-0.2, 0) is 0 Å². The van der Waals surface area contributed by atoms with Gasteiger partial charge in [0.15, 0.2) is 5.11 Å². The van der Waals surface area contributed by atoms with Gasteiger partial charge in [-0.15, -0.1) is 0 Å². The maximum absolute atomic E-state index is 12.8. The molecule has 4 rings (SSSR count). The fourth-order valence-electron chi connectivity index (χ4n) is 2.70. The molecule has 146 valence electrons. The minimum atomic E-state index is -0.465. The average Bonchev–Trinajstić information content (AvgIpc) is 3.36. The molecule has 0 aliphatic carbocycles. The third-order valence-electron chi connectivity index (χ3n) is 4.07. The Balaban J connectivity index is 1.64. The quantitative estimate of drug-likeness (QED) is 0.336. The number of aryl methyl sites for hydroxylation is 1. The fraction of sp³-hybridized carbons (Fsp3) is 0.0556. The molecule has 29 heavy (non-hydrogen) atoms. The number of carbonyl (C=O) groups is 1. The van der Waals surface area contributed by atoms with Crippen LogP contribution < -0.4 is 16.2 Å². The molecule has 4 N–H and O–H groups in total. The number of amides is 1. The van der Waals surface area contributed by atoms with Gasteiger partial charge < -0.3 is 10.2 Å². The van der Waals surface area contributed by atoms with E-state index in [1.165, 1.54) is 17.5 Å². The minimum Gasteiger partial charge on any atom is -0.443 e. The Morgan fingerprint density at radius 3 is 2.93 bits per heavy atom. The summed E-state index contributed by atoms with van der Waals surface area (Å²) in [5, 5.41) is 8.94. The van der Waals surface area contributed by atoms with Crippen LogP contribution in [0.3, 0.4) is 0 Å². The van der Waals surface area contributed by atoms with Gasteiger partial charge in [-0.3, -0.25) is 20.3 Å². The first-order chi connectivity index (χ1) is 13.9. The second kappa shape index (κ2) is 7.49. The molecule has 9 nitrogen and oxygen atoms in total. The normalized spacial score (nSPS) is 10.8. The summed E-state index contributed by atoms with van der Waals surface area (Å²) in [6.45, 7) is 1.80. The molecular weight excluding hydrogens is 414 g/mol. The van der Waals surface area contributed by atoms with Crippen molar-refractivity contribution in [3.05, 3.63) is 59.2 Å². The lowest BCUT2D eigenvalue weighted by molar-refractivity contribution is 0.0955. The summed E-state index contributed by atoms with van der Waals surface area (Å²) >= 11 is 11.6. The number of fused-ring (bicyclic) bond motifs is 1. The second-order valence-electron chi connectivity index (χ2n) is 6.07. The minimum absolute atomic E-state index is 0.0827. The number of nitrogens with one attached hydrogen (secondary N) is 2. The van der Waals surface area contributed by atoms with Gasteiger partial charge in [0.25, 0.3) is 5.91 Å². The smallest absolute Gasteiger partial charge is 0.270 e. The highest BCUT2D eigenvalue weighted by Gasteiger charge is 2.20. The van der Waals surface area contributed by atoms with Crippen LogP contribution in [0.2, 0.25) is 5.02 Å². The molecular formula is C18H14ClN7O2S. The van der Waals surface area contributed by atoms with E-state index >= 15 is 0 Å². The van der Waals surface area contributed by atoms with Gasteiger partial charge in [0.2, 0.25) is 5.89 Å². The molecule has 0 spiro atoms. The highest BCUT2D eigenvalue weighted by molar-refractivity contribution is 7.80. The van der Waals surface area contributed by atoms with Gasteiger partial charge in [0.1, 0.15) is 12.0 Å². The zero-order valence-electron chi connectivity index (χ0n) is 15.0. The van der Waals surface area contributed by atoms with Crippen LogP contribution in [0, 0.1) is 6.92 Å². The molecule has 1 aromatic carbocycles. The Kier molecular flexibility index (Phi) is 4.87. The lowest BCUT2D eigenvalue weighted by Crippen LogP contribution is -2.49. The third-order valence-corrected chi connectivity index (χ3v) is 4.65. The summed E-state index contributed by atoms with van der Waals surface area (Å²) in [6, 6.07) is 6.54. The summed E-state index contributed by atoms with van der Waals surface area (Å²) in [5.41, 5.74) is 11.1. The van der Waals surface area contributed by atoms with Crippen LogP contribution in [0.4, 0.5) is 5.69 Å². The number of oxazole rings is 1. The van der Waals surface area contributed by atoms with Gasteiger partial charge in [0, 0.05) is 17.1 Å². The Bertz CT molecular complexity index is 1240. The first kappa shape index (κ1) is 18.8. The van der Waals surface area contributed by atoms with E-state index in [-0.39, 0.29) is 5.11 Å². The molecule has 0 unspecified atom stereocenters. The van der Waals surface area contributed by atoms with Crippen molar-refractivity contribution in [2.75, 3.05) is 5.01 Å². The number of aromatic amines is 1. The standard InChI is InChI=1S/C18H14ClN7O2S/c1-9-8-28-17(23-9)13-6-10(4-5-21-13)16(27)25-26(18(20)29)14-3-2-12-11(15(14)19)7-22-24-12/h2-8H,1H3,(H2,20,29)(H,22,24)(H,25,27). The molecule has 0 saturated carbocycles. The maximum atomic E-state index is 12.8. The van der Waals surface area contributed by atoms with Crippen molar-refractivity contribution in [1.29, 1.82) is 0 Å². The van der Waals surface area contributed by atoms with Gasteiger partial charge in [0.05, 0.1) is 28.1 Å². The number of carbonyl (C=O) groups excluding carboxylic acids is 1. The molecule has 0 radical (unpaired) electrons. The predicted molar refractivity (Wildman–Crippen MR) is 112 cm³/mol. The summed E-state index contributed by atoms with van der Waals surface area (Å²) in [5.74, 6) is -0.148. The largest absolute Gasteiger partial charge is 0.443 e. The Labute approximate surface area is 174 Å². The van der Waals surface area contributed by atoms with E-state index in [4.69, 9.17) is 34.0 Å². The molecule has 0 atom stereocenters. The van der Waals surface area contributed by atoms with E-state index in [2.05, 4.69) is 25.6 Å². The summed E-state index contributed by atoms with van der Waals surface area (Å²) in [7, 11) is 0. The zero-order chi connectivity index (χ0) is 20.5. The summed E-state index contributed by atoms with van der Waals surface area (Å²) < 4.78 is 5.34. The van der Waals surface area contributed by atoms with Crippen LogP contribution in [0.5, 0.6) is 0 Å². The molecule has 0 saturated heterocycles. The van der Waals surface area contributed by atoms with Crippen LogP contribution in [0.1, 0.15) is 16.1 Å². The number of hydrazine groups is 1. The maximum Gasteiger partial charge on any atom is 0.270 e. The fourth-order valence-corrected chi connectivity index (χ4v) is 3.15. The number of aromatic nitrogens is 4. The SMILES string of the molecule is Cc1coc(-c2cc(C(=O)NN(C(N)=S)c3ccc4[nH]ncc4c3Cl)ccn2)n1. The van der Waals surface area contributed by atoms with Crippen molar-refractivity contribution in [3.8, 4) is 11.6 Å². The molecule has 3 heterocycles. The van der Waals surface area contributed by atoms with Crippen LogP contribution in [-0.4, -0.2) is 31.2 Å². The van der Waals surface area contributed by atoms with E-state index in [1.54, 1.807) is 37.4 Å². The summed E-state index contributed by atoms with van der Waals surface area (Å²) in [4.78, 5) is 21.2. The zero-order valence-corrected chi connectivity index (χ0v) is 16.6. The lowest BCUT2D eigenvalue weighted by atomic mass is 10.2. The number of H-pyrrole nitrogens is 1. The highest BCUT2D eigenvalue weighted by Crippen LogP contribution is 2.32. The Morgan fingerprint density at radius 1 is 1.38 bits per heavy atom. The van der Waals surface area contributed by atoms with Crippen molar-refractivity contribution in [2.45, 2.75) is 6.92 Å². The highest BCUT2D eigenvalue weighted by atomic mass is 35.5. The number of thiocarbonyl (C=S) groups is 1. The molecule has 0 aliphatic heterocycles.